The number of ether oxygens (including phenoxy) is 1. The van der Waals surface area contributed by atoms with Crippen LogP contribution in [0.4, 0.5) is 5.82 Å². The summed E-state index contributed by atoms with van der Waals surface area (Å²) >= 11 is 0. The normalized spacial score (nSPS) is 33.8. The summed E-state index contributed by atoms with van der Waals surface area (Å²) in [6, 6.07) is 0. The minimum atomic E-state index is -0.762. The van der Waals surface area contributed by atoms with Crippen molar-refractivity contribution >= 4 is 12.2 Å². The number of aliphatic imine (C=N–C) groups is 1. The second-order valence-corrected chi connectivity index (χ2v) is 4.65. The van der Waals surface area contributed by atoms with Crippen LogP contribution in [0.5, 0.6) is 0 Å². The van der Waals surface area contributed by atoms with Gasteiger partial charge in [0, 0.05) is 6.42 Å². The van der Waals surface area contributed by atoms with Gasteiger partial charge in [-0.15, -0.1) is 0 Å². The number of hydrogen-bond donors (Lipinski definition) is 4. The van der Waals surface area contributed by atoms with Crippen molar-refractivity contribution in [1.29, 1.82) is 0 Å². The van der Waals surface area contributed by atoms with E-state index < -0.39 is 24.5 Å². The molecule has 0 amide bonds. The molecule has 1 aromatic heterocycles. The van der Waals surface area contributed by atoms with E-state index in [0.29, 0.717) is 17.9 Å². The lowest BCUT2D eigenvalue weighted by atomic mass is 10.2. The Hall–Kier alpha value is -1.48. The van der Waals surface area contributed by atoms with E-state index in [-0.39, 0.29) is 13.2 Å². The van der Waals surface area contributed by atoms with E-state index in [1.807, 2.05) is 0 Å². The lowest BCUT2D eigenvalue weighted by Crippen LogP contribution is -2.24. The summed E-state index contributed by atoms with van der Waals surface area (Å²) in [4.78, 5) is 8.15. The second kappa shape index (κ2) is 4.89. The zero-order valence-electron chi connectivity index (χ0n) is 10.2. The number of rotatable bonds is 2. The second-order valence-electron chi connectivity index (χ2n) is 4.65. The molecule has 0 spiro atoms. The average molecular weight is 268 g/mol. The van der Waals surface area contributed by atoms with Gasteiger partial charge in [-0.2, -0.15) is 0 Å². The lowest BCUT2D eigenvalue weighted by molar-refractivity contribution is -0.0437. The maximum atomic E-state index is 9.89. The van der Waals surface area contributed by atoms with Gasteiger partial charge in [0.2, 0.25) is 0 Å². The predicted octanol–water partition coefficient (Wildman–Crippen LogP) is -0.989. The van der Waals surface area contributed by atoms with Gasteiger partial charge < -0.3 is 25.4 Å². The summed E-state index contributed by atoms with van der Waals surface area (Å²) in [5, 5.41) is 31.7. The molecule has 3 rings (SSSR count). The molecule has 0 bridgehead atoms. The Labute approximate surface area is 109 Å². The van der Waals surface area contributed by atoms with Gasteiger partial charge in [0.1, 0.15) is 29.9 Å². The average Bonchev–Trinajstić information content (AvgIpc) is 2.93. The van der Waals surface area contributed by atoms with Gasteiger partial charge in [-0.05, 0) is 0 Å². The van der Waals surface area contributed by atoms with Crippen LogP contribution in [0.25, 0.3) is 0 Å². The molecule has 2 aliphatic rings. The van der Waals surface area contributed by atoms with Crippen LogP contribution in [0.1, 0.15) is 24.4 Å². The van der Waals surface area contributed by atoms with Gasteiger partial charge in [0.25, 0.3) is 0 Å². The molecule has 8 nitrogen and oxygen atoms in total. The zero-order chi connectivity index (χ0) is 13.4. The monoisotopic (exact) mass is 268 g/mol. The van der Waals surface area contributed by atoms with Crippen LogP contribution in [-0.4, -0.2) is 56.6 Å². The molecular weight excluding hydrogens is 252 g/mol. The molecule has 0 radical (unpaired) electrons. The SMILES string of the molecule is OC[C@@H]1O[C@H](n2cnc3c2NC=NC[C@H]3O)C[C@@H]1O. The Kier molecular flexibility index (Phi) is 3.23. The first kappa shape index (κ1) is 12.5. The first-order valence-electron chi connectivity index (χ1n) is 6.14. The molecule has 0 aliphatic carbocycles. The molecule has 1 fully saturated rings. The Balaban J connectivity index is 1.89. The Morgan fingerprint density at radius 1 is 1.47 bits per heavy atom. The number of nitrogens with zero attached hydrogens (tertiary/aromatic N) is 3. The fourth-order valence-corrected chi connectivity index (χ4v) is 2.38. The van der Waals surface area contributed by atoms with Crippen molar-refractivity contribution in [3.05, 3.63) is 12.0 Å². The quantitative estimate of drug-likeness (QED) is 0.548. The third-order valence-electron chi connectivity index (χ3n) is 3.40. The van der Waals surface area contributed by atoms with Crippen molar-refractivity contribution in [2.75, 3.05) is 18.5 Å². The van der Waals surface area contributed by atoms with Crippen LogP contribution < -0.4 is 5.32 Å². The summed E-state index contributed by atoms with van der Waals surface area (Å²) in [6.45, 7) is 0.0243. The minimum absolute atomic E-state index is 0.230. The molecule has 3 heterocycles. The number of fused-ring (bicyclic) bond motifs is 1. The third kappa shape index (κ3) is 2.12. The van der Waals surface area contributed by atoms with Gasteiger partial charge in [0.05, 0.1) is 31.9 Å². The number of imidazole rings is 1. The van der Waals surface area contributed by atoms with E-state index in [0.717, 1.165) is 0 Å². The number of hydrogen-bond acceptors (Lipinski definition) is 7. The van der Waals surface area contributed by atoms with Crippen LogP contribution in [-0.2, 0) is 4.74 Å². The largest absolute Gasteiger partial charge is 0.394 e. The third-order valence-corrected chi connectivity index (χ3v) is 3.40. The molecule has 8 heteroatoms. The number of aliphatic hydroxyl groups excluding tert-OH is 3. The molecular formula is C11H16N4O4. The smallest absolute Gasteiger partial charge is 0.139 e. The van der Waals surface area contributed by atoms with Gasteiger partial charge in [-0.25, -0.2) is 4.98 Å². The minimum Gasteiger partial charge on any atom is -0.394 e. The van der Waals surface area contributed by atoms with Crippen LogP contribution >= 0.6 is 0 Å². The van der Waals surface area contributed by atoms with Crippen molar-refractivity contribution in [2.24, 2.45) is 4.99 Å². The van der Waals surface area contributed by atoms with Crippen molar-refractivity contribution in [3.63, 3.8) is 0 Å². The molecule has 0 unspecified atom stereocenters. The van der Waals surface area contributed by atoms with Gasteiger partial charge in [0.15, 0.2) is 0 Å². The van der Waals surface area contributed by atoms with Crippen molar-refractivity contribution < 1.29 is 20.1 Å². The summed E-state index contributed by atoms with van der Waals surface area (Å²) in [5.41, 5.74) is 0.503. The van der Waals surface area contributed by atoms with E-state index in [4.69, 9.17) is 9.84 Å². The zero-order valence-corrected chi connectivity index (χ0v) is 10.2. The maximum Gasteiger partial charge on any atom is 0.139 e. The van der Waals surface area contributed by atoms with Gasteiger partial charge >= 0.3 is 0 Å². The molecule has 1 aromatic rings. The highest BCUT2D eigenvalue weighted by Gasteiger charge is 2.36. The standard InChI is InChI=1S/C11H16N4O4/c16-3-8-6(17)1-9(19-8)15-5-14-10-7(18)2-12-4-13-11(10)15/h4-9,16-18H,1-3H2,(H,12,13)/t6-,7+,8-,9-/m0/s1. The molecule has 0 aromatic carbocycles. The first-order chi connectivity index (χ1) is 9.20. The molecule has 4 atom stereocenters. The van der Waals surface area contributed by atoms with Gasteiger partial charge in [-0.1, -0.05) is 0 Å². The Bertz CT molecular complexity index is 489. The highest BCUT2D eigenvalue weighted by atomic mass is 16.5. The summed E-state index contributed by atoms with van der Waals surface area (Å²) in [7, 11) is 0. The molecule has 1 saturated heterocycles. The number of nitrogens with one attached hydrogen (secondary N) is 1. The highest BCUT2D eigenvalue weighted by molar-refractivity contribution is 5.76. The number of anilines is 1. The molecule has 0 saturated carbocycles. The summed E-state index contributed by atoms with van der Waals surface area (Å²) in [5.74, 6) is 0.601. The highest BCUT2D eigenvalue weighted by Crippen LogP contribution is 2.34. The fourth-order valence-electron chi connectivity index (χ4n) is 2.38. The van der Waals surface area contributed by atoms with Crippen LogP contribution in [0, 0.1) is 0 Å². The number of aromatic nitrogens is 2. The van der Waals surface area contributed by atoms with Crippen molar-refractivity contribution in [1.82, 2.24) is 9.55 Å². The lowest BCUT2D eigenvalue weighted by Gasteiger charge is -2.16. The Morgan fingerprint density at radius 2 is 2.32 bits per heavy atom. The molecule has 19 heavy (non-hydrogen) atoms. The van der Waals surface area contributed by atoms with E-state index >= 15 is 0 Å². The van der Waals surface area contributed by atoms with Crippen LogP contribution in [0.3, 0.4) is 0 Å². The number of aliphatic hydroxyl groups is 3. The summed E-state index contributed by atoms with van der Waals surface area (Å²) in [6.07, 6.45) is 0.935. The van der Waals surface area contributed by atoms with E-state index in [1.165, 1.54) is 6.34 Å². The first-order valence-corrected chi connectivity index (χ1v) is 6.14. The molecule has 104 valence electrons. The van der Waals surface area contributed by atoms with E-state index in [2.05, 4.69) is 15.3 Å². The fraction of sp³-hybridized carbons (Fsp3) is 0.636. The maximum absolute atomic E-state index is 9.89. The van der Waals surface area contributed by atoms with Crippen LogP contribution in [0.15, 0.2) is 11.3 Å². The summed E-state index contributed by atoms with van der Waals surface area (Å²) < 4.78 is 7.27. The van der Waals surface area contributed by atoms with Crippen LogP contribution in [0.2, 0.25) is 0 Å². The predicted molar refractivity (Wildman–Crippen MR) is 65.8 cm³/mol. The van der Waals surface area contributed by atoms with Crippen molar-refractivity contribution in [3.8, 4) is 0 Å². The van der Waals surface area contributed by atoms with E-state index in [9.17, 15) is 10.2 Å². The molecule has 2 aliphatic heterocycles. The van der Waals surface area contributed by atoms with Crippen molar-refractivity contribution in [2.45, 2.75) is 31.0 Å². The molecule has 4 N–H and O–H groups in total. The topological polar surface area (TPSA) is 112 Å². The Morgan fingerprint density at radius 3 is 3.05 bits per heavy atom. The van der Waals surface area contributed by atoms with E-state index in [1.54, 1.807) is 10.9 Å². The van der Waals surface area contributed by atoms with Gasteiger partial charge in [-0.3, -0.25) is 9.56 Å².